The highest BCUT2D eigenvalue weighted by Crippen LogP contribution is 2.22. The van der Waals surface area contributed by atoms with Crippen LogP contribution in [-0.2, 0) is 4.74 Å². The minimum absolute atomic E-state index is 0.139. The van der Waals surface area contributed by atoms with Crippen LogP contribution in [0.2, 0.25) is 5.02 Å². The van der Waals surface area contributed by atoms with E-state index < -0.39 is 17.5 Å². The van der Waals surface area contributed by atoms with Gasteiger partial charge in [-0.2, -0.15) is 10.1 Å². The quantitative estimate of drug-likeness (QED) is 0.352. The predicted molar refractivity (Wildman–Crippen MR) is 120 cm³/mol. The second-order valence-corrected chi connectivity index (χ2v) is 7.36. The number of aromatic amines is 1. The van der Waals surface area contributed by atoms with Crippen LogP contribution in [0.1, 0.15) is 24.2 Å². The second-order valence-electron chi connectivity index (χ2n) is 6.93. The Kier molecular flexibility index (Phi) is 7.91. The molecule has 32 heavy (non-hydrogen) atoms. The number of carbonyl (C=O) groups is 1. The van der Waals surface area contributed by atoms with Crippen molar-refractivity contribution in [1.29, 1.82) is 0 Å². The number of nitrogens with zero attached hydrogens (tertiary/aromatic N) is 2. The first kappa shape index (κ1) is 23.4. The number of H-pyrrole nitrogens is 1. The lowest BCUT2D eigenvalue weighted by Crippen LogP contribution is -2.40. The third-order valence-corrected chi connectivity index (χ3v) is 4.51. The monoisotopic (exact) mass is 461 g/mol. The van der Waals surface area contributed by atoms with Gasteiger partial charge in [-0.3, -0.25) is 9.89 Å². The number of ether oxygens (including phenoxy) is 1. The zero-order chi connectivity index (χ0) is 23.1. The number of guanidine groups is 1. The van der Waals surface area contributed by atoms with Crippen molar-refractivity contribution < 1.29 is 18.3 Å². The van der Waals surface area contributed by atoms with Crippen LogP contribution in [0.3, 0.4) is 0 Å². The maximum atomic E-state index is 13.5. The van der Waals surface area contributed by atoms with Crippen molar-refractivity contribution in [1.82, 2.24) is 15.5 Å². The number of rotatable bonds is 7. The molecule has 10 heteroatoms. The van der Waals surface area contributed by atoms with Crippen LogP contribution in [0, 0.1) is 11.6 Å². The fourth-order valence-corrected chi connectivity index (χ4v) is 2.91. The van der Waals surface area contributed by atoms with Crippen LogP contribution in [-0.4, -0.2) is 41.3 Å². The minimum Gasteiger partial charge on any atom is -0.380 e. The van der Waals surface area contributed by atoms with Gasteiger partial charge in [0.1, 0.15) is 11.6 Å². The Hall–Kier alpha value is -3.30. The van der Waals surface area contributed by atoms with Crippen molar-refractivity contribution in [3.8, 4) is 11.3 Å². The van der Waals surface area contributed by atoms with E-state index in [2.05, 4.69) is 25.8 Å². The number of aliphatic imine (C=N–C) groups is 1. The Labute approximate surface area is 188 Å². The largest absolute Gasteiger partial charge is 0.380 e. The smallest absolute Gasteiger partial charge is 0.280 e. The second kappa shape index (κ2) is 10.8. The van der Waals surface area contributed by atoms with Crippen molar-refractivity contribution in [2.75, 3.05) is 18.5 Å². The predicted octanol–water partition coefficient (Wildman–Crippen LogP) is 4.63. The van der Waals surface area contributed by atoms with Gasteiger partial charge >= 0.3 is 0 Å². The van der Waals surface area contributed by atoms with Crippen molar-refractivity contribution in [2.24, 2.45) is 4.99 Å². The standard InChI is InChI=1S/C22H22ClF2N5O2/c1-3-32-12-13(2)26-22(28-21(31)14-4-6-16(23)7-5-14)27-20-11-19(29-30-20)15-8-17(24)10-18(25)9-15/h4-11,13H,3,12H2,1-2H3,(H3,26,27,28,29,30,31)/t13-/m0/s1. The fourth-order valence-electron chi connectivity index (χ4n) is 2.79. The molecule has 0 aliphatic heterocycles. The molecular formula is C22H22ClF2N5O2. The number of benzene rings is 2. The average molecular weight is 462 g/mol. The molecule has 0 bridgehead atoms. The maximum absolute atomic E-state index is 13.5. The van der Waals surface area contributed by atoms with E-state index in [1.54, 1.807) is 30.3 Å². The molecule has 0 unspecified atom stereocenters. The summed E-state index contributed by atoms with van der Waals surface area (Å²) in [5.41, 5.74) is 1.03. The van der Waals surface area contributed by atoms with Crippen molar-refractivity contribution in [3.05, 3.63) is 70.8 Å². The number of aromatic nitrogens is 2. The number of hydrogen-bond acceptors (Lipinski definition) is 3. The van der Waals surface area contributed by atoms with E-state index in [0.717, 1.165) is 6.07 Å². The van der Waals surface area contributed by atoms with Gasteiger partial charge in [0.2, 0.25) is 5.96 Å². The van der Waals surface area contributed by atoms with E-state index in [-0.39, 0.29) is 17.6 Å². The molecular weight excluding hydrogens is 440 g/mol. The molecule has 1 heterocycles. The Morgan fingerprint density at radius 2 is 1.88 bits per heavy atom. The molecule has 3 rings (SSSR count). The lowest BCUT2D eigenvalue weighted by molar-refractivity contribution is 0.100. The zero-order valence-corrected chi connectivity index (χ0v) is 18.2. The van der Waals surface area contributed by atoms with Gasteiger partial charge in [0.05, 0.1) is 12.3 Å². The summed E-state index contributed by atoms with van der Waals surface area (Å²) in [6.07, 6.45) is 0. The molecule has 7 nitrogen and oxygen atoms in total. The van der Waals surface area contributed by atoms with Gasteiger partial charge in [-0.25, -0.2) is 8.78 Å². The lowest BCUT2D eigenvalue weighted by atomic mass is 10.1. The molecule has 0 saturated heterocycles. The summed E-state index contributed by atoms with van der Waals surface area (Å²) in [5.74, 6) is -1.47. The summed E-state index contributed by atoms with van der Waals surface area (Å²) in [5, 5.41) is 13.3. The van der Waals surface area contributed by atoms with E-state index in [0.29, 0.717) is 35.3 Å². The molecule has 3 aromatic rings. The maximum Gasteiger partial charge on any atom is 0.280 e. The number of carbonyl (C=O) groups excluding carboxylic acids is 1. The first-order valence-electron chi connectivity index (χ1n) is 9.85. The highest BCUT2D eigenvalue weighted by molar-refractivity contribution is 6.30. The lowest BCUT2D eigenvalue weighted by Gasteiger charge is -2.17. The normalized spacial score (nSPS) is 12.5. The van der Waals surface area contributed by atoms with Crippen LogP contribution < -0.4 is 10.6 Å². The molecule has 0 spiro atoms. The topological polar surface area (TPSA) is 91.4 Å². The van der Waals surface area contributed by atoms with Gasteiger partial charge in [0.25, 0.3) is 5.91 Å². The van der Waals surface area contributed by atoms with Gasteiger partial charge < -0.3 is 15.4 Å². The van der Waals surface area contributed by atoms with Crippen LogP contribution in [0.5, 0.6) is 0 Å². The molecule has 0 aliphatic carbocycles. The molecule has 0 radical (unpaired) electrons. The molecule has 2 aromatic carbocycles. The fraction of sp³-hybridized carbons (Fsp3) is 0.227. The highest BCUT2D eigenvalue weighted by atomic mass is 35.5. The van der Waals surface area contributed by atoms with Gasteiger partial charge in [-0.15, -0.1) is 0 Å². The zero-order valence-electron chi connectivity index (χ0n) is 17.5. The summed E-state index contributed by atoms with van der Waals surface area (Å²) in [4.78, 5) is 16.7. The summed E-state index contributed by atoms with van der Waals surface area (Å²) in [7, 11) is 0. The van der Waals surface area contributed by atoms with Crippen molar-refractivity contribution in [3.63, 3.8) is 0 Å². The number of nitrogens with one attached hydrogen (secondary N) is 3. The third-order valence-electron chi connectivity index (χ3n) is 4.26. The van der Waals surface area contributed by atoms with Gasteiger partial charge in [0, 0.05) is 40.9 Å². The summed E-state index contributed by atoms with van der Waals surface area (Å²) in [6, 6.07) is 10.9. The first-order chi connectivity index (χ1) is 15.3. The molecule has 0 saturated carbocycles. The molecule has 1 amide bonds. The number of anilines is 1. The van der Waals surface area contributed by atoms with Gasteiger partial charge in [-0.1, -0.05) is 11.6 Å². The third kappa shape index (κ3) is 6.60. The van der Waals surface area contributed by atoms with E-state index in [9.17, 15) is 13.6 Å². The Bertz CT molecular complexity index is 1080. The van der Waals surface area contributed by atoms with Crippen molar-refractivity contribution >= 4 is 29.3 Å². The molecule has 3 N–H and O–H groups in total. The Morgan fingerprint density at radius 3 is 2.53 bits per heavy atom. The summed E-state index contributed by atoms with van der Waals surface area (Å²) in [6.45, 7) is 4.68. The van der Waals surface area contributed by atoms with E-state index >= 15 is 0 Å². The first-order valence-corrected chi connectivity index (χ1v) is 10.2. The van der Waals surface area contributed by atoms with E-state index in [1.807, 2.05) is 13.8 Å². The van der Waals surface area contributed by atoms with E-state index in [1.165, 1.54) is 12.1 Å². The number of halogens is 3. The van der Waals surface area contributed by atoms with E-state index in [4.69, 9.17) is 16.3 Å². The number of amides is 1. The molecule has 168 valence electrons. The van der Waals surface area contributed by atoms with Crippen LogP contribution in [0.25, 0.3) is 11.3 Å². The molecule has 1 aromatic heterocycles. The minimum atomic E-state index is -0.702. The summed E-state index contributed by atoms with van der Waals surface area (Å²) < 4.78 is 32.5. The molecule has 1 atom stereocenters. The molecule has 0 fully saturated rings. The number of hydrogen-bond donors (Lipinski definition) is 3. The molecule has 0 aliphatic rings. The van der Waals surface area contributed by atoms with Crippen LogP contribution >= 0.6 is 11.6 Å². The Morgan fingerprint density at radius 1 is 1.19 bits per heavy atom. The van der Waals surface area contributed by atoms with Gasteiger partial charge in [-0.05, 0) is 50.2 Å². The average Bonchev–Trinajstić information content (AvgIpc) is 3.20. The van der Waals surface area contributed by atoms with Gasteiger partial charge in [0.15, 0.2) is 5.82 Å². The van der Waals surface area contributed by atoms with Crippen LogP contribution in [0.15, 0.2) is 53.5 Å². The van der Waals surface area contributed by atoms with Crippen molar-refractivity contribution in [2.45, 2.75) is 19.9 Å². The van der Waals surface area contributed by atoms with Crippen LogP contribution in [0.4, 0.5) is 14.6 Å². The SMILES string of the molecule is CCOC[C@H](C)N/C(=N/C(=O)c1ccc(Cl)cc1)Nc1cc(-c2cc(F)cc(F)c2)[nH]n1. The highest BCUT2D eigenvalue weighted by Gasteiger charge is 2.13. The Balaban J connectivity index is 1.82. The summed E-state index contributed by atoms with van der Waals surface area (Å²) >= 11 is 5.87.